The largest absolute Gasteiger partial charge is 0.289 e. The van der Waals surface area contributed by atoms with Crippen molar-refractivity contribution in [1.82, 2.24) is 10.5 Å². The molecule has 0 aliphatic carbocycles. The molecule has 0 bridgehead atoms. The highest BCUT2D eigenvalue weighted by molar-refractivity contribution is 5.94. The minimum absolute atomic E-state index is 0.865. The number of allylic oxidation sites excluding steroid dienone is 1. The number of nitrogens with zero attached hydrogens (tertiary/aromatic N) is 2. The maximum Gasteiger partial charge on any atom is 0.0667 e. The first-order chi connectivity index (χ1) is 14.8. The van der Waals surface area contributed by atoms with E-state index in [9.17, 15) is 0 Å². The first-order valence-corrected chi connectivity index (χ1v) is 11.4. The zero-order valence-electron chi connectivity index (χ0n) is 18.1. The van der Waals surface area contributed by atoms with Crippen molar-refractivity contribution in [3.8, 4) is 0 Å². The van der Waals surface area contributed by atoms with Gasteiger partial charge in [-0.2, -0.15) is 0 Å². The monoisotopic (exact) mass is 399 g/mol. The highest BCUT2D eigenvalue weighted by Gasteiger charge is 2.22. The first kappa shape index (κ1) is 20.5. The van der Waals surface area contributed by atoms with Crippen molar-refractivity contribution in [3.05, 3.63) is 90.3 Å². The van der Waals surface area contributed by atoms with Crippen molar-refractivity contribution in [1.29, 1.82) is 0 Å². The Morgan fingerprint density at radius 3 is 2.33 bits per heavy atom. The van der Waals surface area contributed by atoms with Gasteiger partial charge in [0, 0.05) is 17.3 Å². The van der Waals surface area contributed by atoms with Crippen molar-refractivity contribution >= 4 is 16.5 Å². The molecule has 3 nitrogen and oxygen atoms in total. The average molecular weight is 400 g/mol. The molecule has 3 heteroatoms. The second-order valence-corrected chi connectivity index (χ2v) is 8.18. The summed E-state index contributed by atoms with van der Waals surface area (Å²) in [6, 6.07) is 25.8. The lowest BCUT2D eigenvalue weighted by Gasteiger charge is -2.26. The normalized spacial score (nSPS) is 13.8. The Kier molecular flexibility index (Phi) is 7.04. The van der Waals surface area contributed by atoms with E-state index < -0.39 is 0 Å². The third-order valence-corrected chi connectivity index (χ3v) is 5.85. The fourth-order valence-corrected chi connectivity index (χ4v) is 4.17. The van der Waals surface area contributed by atoms with Crippen molar-refractivity contribution in [2.24, 2.45) is 0 Å². The molecule has 0 unspecified atom stereocenters. The van der Waals surface area contributed by atoms with Crippen LogP contribution < -0.4 is 10.5 Å². The average Bonchev–Trinajstić information content (AvgIpc) is 3.18. The Morgan fingerprint density at radius 1 is 0.733 bits per heavy atom. The molecule has 0 amide bonds. The summed E-state index contributed by atoms with van der Waals surface area (Å²) in [6.45, 7) is 3.14. The summed E-state index contributed by atoms with van der Waals surface area (Å²) >= 11 is 0. The molecule has 0 radical (unpaired) electrons. The molecule has 4 rings (SSSR count). The fraction of sp³-hybridized carbons (Fsp3) is 0.333. The van der Waals surface area contributed by atoms with Gasteiger partial charge in [-0.1, -0.05) is 106 Å². The molecule has 0 spiro atoms. The number of hydrogen-bond donors (Lipinski definition) is 1. The van der Waals surface area contributed by atoms with Gasteiger partial charge in [-0.25, -0.2) is 0 Å². The highest BCUT2D eigenvalue weighted by Crippen LogP contribution is 2.30. The molecular formula is C27H33N3. The summed E-state index contributed by atoms with van der Waals surface area (Å²) < 4.78 is 0. The highest BCUT2D eigenvalue weighted by atomic mass is 15.8. The molecule has 0 saturated heterocycles. The van der Waals surface area contributed by atoms with Gasteiger partial charge in [0.05, 0.1) is 12.2 Å². The van der Waals surface area contributed by atoms with E-state index in [1.54, 1.807) is 0 Å². The van der Waals surface area contributed by atoms with E-state index in [4.69, 9.17) is 0 Å². The van der Waals surface area contributed by atoms with E-state index in [0.29, 0.717) is 0 Å². The van der Waals surface area contributed by atoms with Gasteiger partial charge in [0.1, 0.15) is 0 Å². The van der Waals surface area contributed by atoms with Crippen LogP contribution in [0.5, 0.6) is 0 Å². The molecule has 1 aliphatic heterocycles. The van der Waals surface area contributed by atoms with Crippen LogP contribution in [0.3, 0.4) is 0 Å². The van der Waals surface area contributed by atoms with Gasteiger partial charge in [0.2, 0.25) is 0 Å². The van der Waals surface area contributed by atoms with E-state index >= 15 is 0 Å². The fourth-order valence-electron chi connectivity index (χ4n) is 4.17. The third kappa shape index (κ3) is 5.03. The standard InChI is InChI=1S/C27H33N3/c1-2-3-4-5-6-10-18-25-22-30(28-29(25)21-23-14-8-7-9-15-23)27-20-13-17-24-16-11-12-19-26(24)27/h7-9,11-17,19-20,22,28H,2-6,10,18,21H2,1H3. The van der Waals surface area contributed by atoms with Crippen LogP contribution in [-0.4, -0.2) is 5.01 Å². The molecule has 30 heavy (non-hydrogen) atoms. The first-order valence-electron chi connectivity index (χ1n) is 11.4. The number of unbranched alkanes of at least 4 members (excludes halogenated alkanes) is 5. The van der Waals surface area contributed by atoms with E-state index in [-0.39, 0.29) is 0 Å². The minimum atomic E-state index is 0.865. The van der Waals surface area contributed by atoms with Gasteiger partial charge >= 0.3 is 0 Å². The lowest BCUT2D eigenvalue weighted by atomic mass is 10.1. The number of hydrazine groups is 2. The summed E-state index contributed by atoms with van der Waals surface area (Å²) in [5.74, 6) is 0. The minimum Gasteiger partial charge on any atom is -0.289 e. The van der Waals surface area contributed by atoms with Gasteiger partial charge < -0.3 is 0 Å². The Hall–Kier alpha value is -2.78. The Balaban J connectivity index is 1.50. The van der Waals surface area contributed by atoms with Crippen LogP contribution in [-0.2, 0) is 6.54 Å². The number of hydrogen-bond acceptors (Lipinski definition) is 3. The third-order valence-electron chi connectivity index (χ3n) is 5.85. The zero-order chi connectivity index (χ0) is 20.6. The van der Waals surface area contributed by atoms with Crippen LogP contribution >= 0.6 is 0 Å². The number of fused-ring (bicyclic) bond motifs is 1. The summed E-state index contributed by atoms with van der Waals surface area (Å²) in [5, 5.41) is 7.04. The van der Waals surface area contributed by atoms with Gasteiger partial charge in [0.25, 0.3) is 0 Å². The predicted molar refractivity (Wildman–Crippen MR) is 128 cm³/mol. The quantitative estimate of drug-likeness (QED) is 0.364. The topological polar surface area (TPSA) is 18.5 Å². The summed E-state index contributed by atoms with van der Waals surface area (Å²) in [4.78, 5) is 0. The number of benzene rings is 3. The molecular weight excluding hydrogens is 366 g/mol. The van der Waals surface area contributed by atoms with Crippen LogP contribution in [0.1, 0.15) is 57.4 Å². The van der Waals surface area contributed by atoms with Crippen molar-refractivity contribution < 1.29 is 0 Å². The summed E-state index contributed by atoms with van der Waals surface area (Å²) in [7, 11) is 0. The van der Waals surface area contributed by atoms with Gasteiger partial charge in [-0.3, -0.25) is 10.0 Å². The SMILES string of the molecule is CCCCCCCCC1=CN(c2cccc3ccccc23)NN1Cc1ccccc1. The smallest absolute Gasteiger partial charge is 0.0667 e. The van der Waals surface area contributed by atoms with Crippen LogP contribution in [0.4, 0.5) is 5.69 Å². The molecule has 3 aromatic rings. The van der Waals surface area contributed by atoms with E-state index in [2.05, 4.69) is 101 Å². The van der Waals surface area contributed by atoms with Crippen LogP contribution in [0, 0.1) is 0 Å². The van der Waals surface area contributed by atoms with E-state index in [1.807, 2.05) is 0 Å². The number of anilines is 1. The zero-order valence-corrected chi connectivity index (χ0v) is 18.1. The molecule has 3 aromatic carbocycles. The van der Waals surface area contributed by atoms with Crippen LogP contribution in [0.25, 0.3) is 10.8 Å². The lowest BCUT2D eigenvalue weighted by molar-refractivity contribution is 0.254. The van der Waals surface area contributed by atoms with E-state index in [1.165, 1.54) is 66.2 Å². The van der Waals surface area contributed by atoms with Crippen molar-refractivity contribution in [3.63, 3.8) is 0 Å². The van der Waals surface area contributed by atoms with Gasteiger partial charge in [0.15, 0.2) is 0 Å². The molecule has 156 valence electrons. The van der Waals surface area contributed by atoms with E-state index in [0.717, 1.165) is 13.0 Å². The molecule has 1 N–H and O–H groups in total. The maximum atomic E-state index is 3.63. The van der Waals surface area contributed by atoms with Gasteiger partial charge in [-0.15, -0.1) is 5.53 Å². The second kappa shape index (κ2) is 10.3. The maximum absolute atomic E-state index is 3.63. The Labute approximate surface area is 180 Å². The molecule has 1 aliphatic rings. The van der Waals surface area contributed by atoms with Crippen LogP contribution in [0.15, 0.2) is 84.7 Å². The van der Waals surface area contributed by atoms with Gasteiger partial charge in [-0.05, 0) is 29.9 Å². The Bertz CT molecular complexity index is 959. The molecule has 0 fully saturated rings. The van der Waals surface area contributed by atoms with Crippen LogP contribution in [0.2, 0.25) is 0 Å². The summed E-state index contributed by atoms with van der Waals surface area (Å²) in [6.07, 6.45) is 11.3. The number of nitrogens with one attached hydrogen (secondary N) is 1. The lowest BCUT2D eigenvalue weighted by Crippen LogP contribution is -2.40. The molecule has 1 heterocycles. The second-order valence-electron chi connectivity index (χ2n) is 8.18. The Morgan fingerprint density at radius 2 is 1.47 bits per heavy atom. The molecule has 0 aromatic heterocycles. The molecule has 0 saturated carbocycles. The predicted octanol–water partition coefficient (Wildman–Crippen LogP) is 7.17. The number of rotatable bonds is 10. The summed E-state index contributed by atoms with van der Waals surface area (Å²) in [5.41, 5.74) is 7.51. The van der Waals surface area contributed by atoms with Crippen molar-refractivity contribution in [2.45, 2.75) is 58.4 Å². The van der Waals surface area contributed by atoms with Crippen molar-refractivity contribution in [2.75, 3.05) is 5.01 Å². The molecule has 0 atom stereocenters.